The molecule has 0 amide bonds. The van der Waals surface area contributed by atoms with E-state index >= 15 is 0 Å². The molecule has 0 aromatic heterocycles. The Bertz CT molecular complexity index is 643. The second-order valence-electron chi connectivity index (χ2n) is 5.72. The summed E-state index contributed by atoms with van der Waals surface area (Å²) >= 11 is 0. The second-order valence-corrected chi connectivity index (χ2v) is 5.72. The third kappa shape index (κ3) is 3.94. The van der Waals surface area contributed by atoms with Gasteiger partial charge in [0, 0.05) is 24.8 Å². The van der Waals surface area contributed by atoms with Gasteiger partial charge < -0.3 is 10.1 Å². The van der Waals surface area contributed by atoms with Gasteiger partial charge in [-0.25, -0.2) is 0 Å². The van der Waals surface area contributed by atoms with Crippen LogP contribution in [0.25, 0.3) is 0 Å². The fraction of sp³-hybridized carbons (Fsp3) is 0.333. The first-order chi connectivity index (χ1) is 11.2. The van der Waals surface area contributed by atoms with E-state index in [-0.39, 0.29) is 16.7 Å². The first kappa shape index (κ1) is 15.6. The van der Waals surface area contributed by atoms with Gasteiger partial charge in [-0.2, -0.15) is 0 Å². The molecule has 1 saturated heterocycles. The topological polar surface area (TPSA) is 64.4 Å². The lowest BCUT2D eigenvalue weighted by atomic mass is 10.0. The van der Waals surface area contributed by atoms with Crippen LogP contribution in [0.3, 0.4) is 0 Å². The molecule has 0 bridgehead atoms. The van der Waals surface area contributed by atoms with Crippen LogP contribution in [-0.2, 0) is 11.2 Å². The third-order valence-electron chi connectivity index (χ3n) is 4.19. The standard InChI is InChI=1S/C18H20N2O3/c21-20(22)16-8-6-14(7-9-16)10-12-19-17-11-13-23-18(17)15-4-2-1-3-5-15/h1-9,17-19H,10-13H2/t17-,18-/m1/s1. The summed E-state index contributed by atoms with van der Waals surface area (Å²) in [6.07, 6.45) is 1.95. The fourth-order valence-electron chi connectivity index (χ4n) is 2.96. The van der Waals surface area contributed by atoms with Crippen molar-refractivity contribution in [3.63, 3.8) is 0 Å². The predicted molar refractivity (Wildman–Crippen MR) is 88.3 cm³/mol. The maximum absolute atomic E-state index is 10.7. The number of benzene rings is 2. The minimum absolute atomic E-state index is 0.105. The van der Waals surface area contributed by atoms with Gasteiger partial charge in [0.2, 0.25) is 0 Å². The van der Waals surface area contributed by atoms with Gasteiger partial charge in [-0.1, -0.05) is 42.5 Å². The molecule has 0 unspecified atom stereocenters. The number of hydrogen-bond donors (Lipinski definition) is 1. The average molecular weight is 312 g/mol. The molecule has 1 aliphatic rings. The molecule has 0 saturated carbocycles. The van der Waals surface area contributed by atoms with E-state index in [4.69, 9.17) is 4.74 Å². The average Bonchev–Trinajstić information content (AvgIpc) is 3.05. The lowest BCUT2D eigenvalue weighted by molar-refractivity contribution is -0.384. The molecule has 2 aromatic rings. The smallest absolute Gasteiger partial charge is 0.269 e. The van der Waals surface area contributed by atoms with Crippen LogP contribution in [0.4, 0.5) is 5.69 Å². The van der Waals surface area contributed by atoms with Crippen LogP contribution in [0.15, 0.2) is 54.6 Å². The molecule has 23 heavy (non-hydrogen) atoms. The van der Waals surface area contributed by atoms with E-state index in [1.165, 1.54) is 5.56 Å². The summed E-state index contributed by atoms with van der Waals surface area (Å²) in [5.74, 6) is 0. The molecule has 1 aliphatic heterocycles. The van der Waals surface area contributed by atoms with E-state index in [9.17, 15) is 10.1 Å². The molecule has 0 radical (unpaired) electrons. The summed E-state index contributed by atoms with van der Waals surface area (Å²) < 4.78 is 5.86. The molecule has 5 heteroatoms. The van der Waals surface area contributed by atoms with Crippen molar-refractivity contribution in [1.82, 2.24) is 5.32 Å². The summed E-state index contributed by atoms with van der Waals surface area (Å²) in [4.78, 5) is 10.3. The number of nitrogens with one attached hydrogen (secondary N) is 1. The Morgan fingerprint density at radius 3 is 2.57 bits per heavy atom. The molecule has 2 atom stereocenters. The highest BCUT2D eigenvalue weighted by Gasteiger charge is 2.28. The number of hydrogen-bond acceptors (Lipinski definition) is 4. The SMILES string of the molecule is O=[N+]([O-])c1ccc(CCN[C@@H]2CCO[C@@H]2c2ccccc2)cc1. The zero-order chi connectivity index (χ0) is 16.1. The normalized spacial score (nSPS) is 20.5. The van der Waals surface area contributed by atoms with E-state index in [2.05, 4.69) is 17.4 Å². The number of rotatable bonds is 6. The van der Waals surface area contributed by atoms with Crippen molar-refractivity contribution in [3.05, 3.63) is 75.8 Å². The van der Waals surface area contributed by atoms with Crippen LogP contribution in [0, 0.1) is 10.1 Å². The van der Waals surface area contributed by atoms with Gasteiger partial charge in [0.25, 0.3) is 5.69 Å². The lowest BCUT2D eigenvalue weighted by Crippen LogP contribution is -2.33. The van der Waals surface area contributed by atoms with Crippen molar-refractivity contribution in [2.24, 2.45) is 0 Å². The summed E-state index contributed by atoms with van der Waals surface area (Å²) in [6.45, 7) is 1.60. The zero-order valence-electron chi connectivity index (χ0n) is 12.9. The van der Waals surface area contributed by atoms with Crippen LogP contribution < -0.4 is 5.32 Å². The maximum Gasteiger partial charge on any atom is 0.269 e. The highest BCUT2D eigenvalue weighted by molar-refractivity contribution is 5.33. The molecule has 5 nitrogen and oxygen atoms in total. The molecule has 2 aromatic carbocycles. The van der Waals surface area contributed by atoms with Gasteiger partial charge in [0.05, 0.1) is 11.0 Å². The van der Waals surface area contributed by atoms with Crippen molar-refractivity contribution in [3.8, 4) is 0 Å². The highest BCUT2D eigenvalue weighted by atomic mass is 16.6. The third-order valence-corrected chi connectivity index (χ3v) is 4.19. The maximum atomic E-state index is 10.7. The molecule has 1 heterocycles. The van der Waals surface area contributed by atoms with Crippen molar-refractivity contribution in [2.75, 3.05) is 13.2 Å². The molecular formula is C18H20N2O3. The minimum Gasteiger partial charge on any atom is -0.372 e. The van der Waals surface area contributed by atoms with Crippen LogP contribution in [0.1, 0.15) is 23.7 Å². The fourth-order valence-corrected chi connectivity index (χ4v) is 2.96. The number of nitro benzene ring substituents is 1. The van der Waals surface area contributed by atoms with Crippen LogP contribution in [0.5, 0.6) is 0 Å². The van der Waals surface area contributed by atoms with Gasteiger partial charge in [-0.05, 0) is 30.5 Å². The Balaban J connectivity index is 1.52. The molecule has 0 spiro atoms. The summed E-state index contributed by atoms with van der Waals surface area (Å²) in [7, 11) is 0. The Kier molecular flexibility index (Phi) is 5.00. The number of non-ortho nitro benzene ring substituents is 1. The van der Waals surface area contributed by atoms with Crippen molar-refractivity contribution in [2.45, 2.75) is 25.0 Å². The molecule has 120 valence electrons. The molecule has 1 N–H and O–H groups in total. The van der Waals surface area contributed by atoms with Gasteiger partial charge in [0.15, 0.2) is 0 Å². The predicted octanol–water partition coefficient (Wildman–Crippen LogP) is 3.26. The molecule has 0 aliphatic carbocycles. The van der Waals surface area contributed by atoms with E-state index in [1.807, 2.05) is 30.3 Å². The summed E-state index contributed by atoms with van der Waals surface area (Å²) in [5.41, 5.74) is 2.44. The van der Waals surface area contributed by atoms with Gasteiger partial charge in [-0.3, -0.25) is 10.1 Å². The molecule has 3 rings (SSSR count). The van der Waals surface area contributed by atoms with E-state index in [1.54, 1.807) is 12.1 Å². The summed E-state index contributed by atoms with van der Waals surface area (Å²) in [6, 6.07) is 17.3. The Morgan fingerprint density at radius 2 is 1.87 bits per heavy atom. The first-order valence-corrected chi connectivity index (χ1v) is 7.87. The van der Waals surface area contributed by atoms with E-state index in [0.717, 1.165) is 31.6 Å². The monoisotopic (exact) mass is 312 g/mol. The van der Waals surface area contributed by atoms with Gasteiger partial charge >= 0.3 is 0 Å². The quantitative estimate of drug-likeness (QED) is 0.657. The van der Waals surface area contributed by atoms with Gasteiger partial charge in [0.1, 0.15) is 0 Å². The number of ether oxygens (including phenoxy) is 1. The van der Waals surface area contributed by atoms with E-state index < -0.39 is 0 Å². The lowest BCUT2D eigenvalue weighted by Gasteiger charge is -2.20. The van der Waals surface area contributed by atoms with Crippen molar-refractivity contribution < 1.29 is 9.66 Å². The Labute approximate surface area is 135 Å². The van der Waals surface area contributed by atoms with Crippen LogP contribution in [-0.4, -0.2) is 24.1 Å². The first-order valence-electron chi connectivity index (χ1n) is 7.87. The van der Waals surface area contributed by atoms with Crippen molar-refractivity contribution >= 4 is 5.69 Å². The largest absolute Gasteiger partial charge is 0.372 e. The number of nitrogens with zero attached hydrogens (tertiary/aromatic N) is 1. The highest BCUT2D eigenvalue weighted by Crippen LogP contribution is 2.28. The van der Waals surface area contributed by atoms with Gasteiger partial charge in [-0.15, -0.1) is 0 Å². The van der Waals surface area contributed by atoms with E-state index in [0.29, 0.717) is 6.04 Å². The Morgan fingerprint density at radius 1 is 1.13 bits per heavy atom. The molecule has 1 fully saturated rings. The molecular weight excluding hydrogens is 292 g/mol. The van der Waals surface area contributed by atoms with Crippen molar-refractivity contribution in [1.29, 1.82) is 0 Å². The second kappa shape index (κ2) is 7.35. The zero-order valence-corrected chi connectivity index (χ0v) is 12.9. The Hall–Kier alpha value is -2.24. The van der Waals surface area contributed by atoms with Crippen LogP contribution in [0.2, 0.25) is 0 Å². The minimum atomic E-state index is -0.373. The van der Waals surface area contributed by atoms with Crippen LogP contribution >= 0.6 is 0 Å². The number of nitro groups is 1. The summed E-state index contributed by atoms with van der Waals surface area (Å²) in [5, 5.41) is 14.2.